The molecule has 0 unspecified atom stereocenters. The lowest BCUT2D eigenvalue weighted by Gasteiger charge is -2.12. The predicted molar refractivity (Wildman–Crippen MR) is 73.2 cm³/mol. The molecule has 22 heavy (non-hydrogen) atoms. The first kappa shape index (κ1) is 18.0. The molecule has 9 heteroatoms. The highest BCUT2D eigenvalue weighted by Crippen LogP contribution is 2.19. The average molecular weight is 335 g/mol. The average Bonchev–Trinajstić information content (AvgIpc) is 2.47. The zero-order valence-corrected chi connectivity index (χ0v) is 12.7. The van der Waals surface area contributed by atoms with E-state index >= 15 is 0 Å². The lowest BCUT2D eigenvalue weighted by atomic mass is 10.2. The molecule has 1 aromatic carbocycles. The standard InChI is InChI=1S/C13H15F2NO5S/c1-3-16-11(17)8(2)21-12(18)9-4-6-10(7-5-9)22(19,20)13(14)15/h4-8,13H,3H2,1-2H3,(H,16,17)/t8-/m1/s1. The molecule has 1 amide bonds. The van der Waals surface area contributed by atoms with E-state index in [9.17, 15) is 26.8 Å². The number of nitrogens with one attached hydrogen (secondary N) is 1. The van der Waals surface area contributed by atoms with E-state index in [1.807, 2.05) is 0 Å². The number of halogens is 2. The molecular formula is C13H15F2NO5S. The fourth-order valence-corrected chi connectivity index (χ4v) is 2.20. The van der Waals surface area contributed by atoms with E-state index in [0.29, 0.717) is 6.54 Å². The van der Waals surface area contributed by atoms with Crippen LogP contribution in [0.3, 0.4) is 0 Å². The van der Waals surface area contributed by atoms with Crippen molar-refractivity contribution in [3.63, 3.8) is 0 Å². The van der Waals surface area contributed by atoms with E-state index in [4.69, 9.17) is 4.74 Å². The van der Waals surface area contributed by atoms with Crippen LogP contribution in [0.4, 0.5) is 8.78 Å². The molecule has 1 aromatic rings. The molecule has 0 aliphatic carbocycles. The second-order valence-electron chi connectivity index (χ2n) is 4.27. The summed E-state index contributed by atoms with van der Waals surface area (Å²) in [5.74, 6) is -4.88. The van der Waals surface area contributed by atoms with Gasteiger partial charge in [0.05, 0.1) is 10.5 Å². The maximum Gasteiger partial charge on any atom is 0.341 e. The number of ether oxygens (including phenoxy) is 1. The number of carbonyl (C=O) groups excluding carboxylic acids is 2. The molecule has 0 fully saturated rings. The first-order valence-electron chi connectivity index (χ1n) is 6.31. The van der Waals surface area contributed by atoms with Gasteiger partial charge < -0.3 is 10.1 Å². The van der Waals surface area contributed by atoms with Crippen LogP contribution in [0, 0.1) is 0 Å². The monoisotopic (exact) mass is 335 g/mol. The molecule has 0 aromatic heterocycles. The molecule has 0 aliphatic rings. The molecule has 0 bridgehead atoms. The van der Waals surface area contributed by atoms with Crippen molar-refractivity contribution in [2.45, 2.75) is 30.6 Å². The number of carbonyl (C=O) groups is 2. The Hall–Kier alpha value is -2.03. The number of hydrogen-bond donors (Lipinski definition) is 1. The number of hydrogen-bond acceptors (Lipinski definition) is 5. The number of alkyl halides is 2. The summed E-state index contributed by atoms with van der Waals surface area (Å²) >= 11 is 0. The Morgan fingerprint density at radius 1 is 1.23 bits per heavy atom. The minimum absolute atomic E-state index is 0.0515. The number of esters is 1. The zero-order chi connectivity index (χ0) is 16.9. The van der Waals surface area contributed by atoms with E-state index < -0.39 is 38.5 Å². The molecule has 0 heterocycles. The van der Waals surface area contributed by atoms with Crippen LogP contribution in [-0.2, 0) is 19.4 Å². The van der Waals surface area contributed by atoms with Gasteiger partial charge in [0, 0.05) is 6.54 Å². The van der Waals surface area contributed by atoms with Crippen LogP contribution in [0.2, 0.25) is 0 Å². The first-order valence-corrected chi connectivity index (χ1v) is 7.85. The number of likely N-dealkylation sites (N-methyl/N-ethyl adjacent to an activating group) is 1. The van der Waals surface area contributed by atoms with Crippen molar-refractivity contribution in [2.75, 3.05) is 6.54 Å². The Labute approximate surface area is 126 Å². The van der Waals surface area contributed by atoms with E-state index in [2.05, 4.69) is 5.32 Å². The van der Waals surface area contributed by atoms with E-state index in [0.717, 1.165) is 24.3 Å². The van der Waals surface area contributed by atoms with E-state index in [-0.39, 0.29) is 5.56 Å². The van der Waals surface area contributed by atoms with Crippen LogP contribution in [0.1, 0.15) is 24.2 Å². The molecule has 6 nitrogen and oxygen atoms in total. The minimum atomic E-state index is -4.71. The molecule has 122 valence electrons. The third-order valence-electron chi connectivity index (χ3n) is 2.66. The molecule has 0 saturated carbocycles. The molecular weight excluding hydrogens is 320 g/mol. The minimum Gasteiger partial charge on any atom is -0.449 e. The lowest BCUT2D eigenvalue weighted by molar-refractivity contribution is -0.128. The van der Waals surface area contributed by atoms with Crippen LogP contribution in [0.25, 0.3) is 0 Å². The SMILES string of the molecule is CCNC(=O)[C@@H](C)OC(=O)c1ccc(S(=O)(=O)C(F)F)cc1. The summed E-state index contributed by atoms with van der Waals surface area (Å²) < 4.78 is 52.1. The molecule has 1 N–H and O–H groups in total. The van der Waals surface area contributed by atoms with Crippen molar-refractivity contribution >= 4 is 21.7 Å². The molecule has 0 saturated heterocycles. The summed E-state index contributed by atoms with van der Waals surface area (Å²) in [5, 5.41) is 2.46. The van der Waals surface area contributed by atoms with Crippen LogP contribution >= 0.6 is 0 Å². The van der Waals surface area contributed by atoms with Gasteiger partial charge in [-0.2, -0.15) is 8.78 Å². The molecule has 0 radical (unpaired) electrons. The highest BCUT2D eigenvalue weighted by Gasteiger charge is 2.27. The second kappa shape index (κ2) is 7.30. The van der Waals surface area contributed by atoms with Crippen LogP contribution in [0.15, 0.2) is 29.2 Å². The lowest BCUT2D eigenvalue weighted by Crippen LogP contribution is -2.35. The van der Waals surface area contributed by atoms with Crippen molar-refractivity contribution in [1.29, 1.82) is 0 Å². The summed E-state index contributed by atoms with van der Waals surface area (Å²) in [4.78, 5) is 22.6. The smallest absolute Gasteiger partial charge is 0.341 e. The van der Waals surface area contributed by atoms with Crippen molar-refractivity contribution < 1.29 is 31.5 Å². The Balaban J connectivity index is 2.83. The van der Waals surface area contributed by atoms with Gasteiger partial charge in [0.25, 0.3) is 5.91 Å². The largest absolute Gasteiger partial charge is 0.449 e. The summed E-state index contributed by atoms with van der Waals surface area (Å²) in [6.45, 7) is 3.45. The van der Waals surface area contributed by atoms with Gasteiger partial charge in [-0.15, -0.1) is 0 Å². The maximum absolute atomic E-state index is 12.4. The van der Waals surface area contributed by atoms with E-state index in [1.54, 1.807) is 6.92 Å². The highest BCUT2D eigenvalue weighted by atomic mass is 32.2. The van der Waals surface area contributed by atoms with Crippen LogP contribution in [0.5, 0.6) is 0 Å². The predicted octanol–water partition coefficient (Wildman–Crippen LogP) is 1.36. The van der Waals surface area contributed by atoms with Gasteiger partial charge in [0.15, 0.2) is 6.10 Å². The molecule has 0 aliphatic heterocycles. The number of sulfone groups is 1. The van der Waals surface area contributed by atoms with Crippen LogP contribution in [-0.4, -0.2) is 38.7 Å². The fraction of sp³-hybridized carbons (Fsp3) is 0.385. The van der Waals surface area contributed by atoms with Gasteiger partial charge in [-0.1, -0.05) is 0 Å². The maximum atomic E-state index is 12.4. The van der Waals surface area contributed by atoms with Gasteiger partial charge in [0.1, 0.15) is 0 Å². The van der Waals surface area contributed by atoms with Gasteiger partial charge in [0.2, 0.25) is 9.84 Å². The molecule has 1 atom stereocenters. The Bertz CT molecular complexity index is 643. The van der Waals surface area contributed by atoms with Gasteiger partial charge in [-0.25, -0.2) is 13.2 Å². The number of rotatable bonds is 6. The number of benzene rings is 1. The van der Waals surface area contributed by atoms with E-state index in [1.165, 1.54) is 6.92 Å². The summed E-state index contributed by atoms with van der Waals surface area (Å²) in [6.07, 6.45) is -1.03. The zero-order valence-electron chi connectivity index (χ0n) is 11.9. The topological polar surface area (TPSA) is 89.5 Å². The van der Waals surface area contributed by atoms with Gasteiger partial charge in [-0.3, -0.25) is 4.79 Å². The second-order valence-corrected chi connectivity index (χ2v) is 6.19. The fourth-order valence-electron chi connectivity index (χ4n) is 1.48. The number of amides is 1. The Kier molecular flexibility index (Phi) is 5.98. The van der Waals surface area contributed by atoms with Crippen molar-refractivity contribution in [3.8, 4) is 0 Å². The van der Waals surface area contributed by atoms with Gasteiger partial charge >= 0.3 is 11.7 Å². The summed E-state index contributed by atoms with van der Waals surface area (Å²) in [5.41, 5.74) is -0.0515. The van der Waals surface area contributed by atoms with Crippen molar-refractivity contribution in [3.05, 3.63) is 29.8 Å². The Morgan fingerprint density at radius 3 is 2.23 bits per heavy atom. The van der Waals surface area contributed by atoms with Gasteiger partial charge in [-0.05, 0) is 38.1 Å². The van der Waals surface area contributed by atoms with Crippen molar-refractivity contribution in [1.82, 2.24) is 5.32 Å². The third-order valence-corrected chi connectivity index (χ3v) is 4.06. The summed E-state index contributed by atoms with van der Waals surface area (Å²) in [7, 11) is -4.71. The first-order chi connectivity index (χ1) is 10.2. The molecule has 1 rings (SSSR count). The molecule has 0 spiro atoms. The summed E-state index contributed by atoms with van der Waals surface area (Å²) in [6, 6.07) is 3.85. The van der Waals surface area contributed by atoms with Crippen LogP contribution < -0.4 is 5.32 Å². The highest BCUT2D eigenvalue weighted by molar-refractivity contribution is 7.91. The van der Waals surface area contributed by atoms with Crippen molar-refractivity contribution in [2.24, 2.45) is 0 Å². The third kappa shape index (κ3) is 4.23. The Morgan fingerprint density at radius 2 is 1.77 bits per heavy atom. The quantitative estimate of drug-likeness (QED) is 0.793. The normalized spacial score (nSPS) is 12.8.